The van der Waals surface area contributed by atoms with Crippen LogP contribution in [0, 0.1) is 0 Å². The van der Waals surface area contributed by atoms with Crippen LogP contribution in [-0.2, 0) is 0 Å². The Labute approximate surface area is 110 Å². The van der Waals surface area contributed by atoms with Crippen LogP contribution in [0.4, 0.5) is 5.82 Å². The molecule has 2 atom stereocenters. The van der Waals surface area contributed by atoms with Gasteiger partial charge in [-0.25, -0.2) is 4.98 Å². The summed E-state index contributed by atoms with van der Waals surface area (Å²) < 4.78 is 0. The minimum atomic E-state index is -0.450. The lowest BCUT2D eigenvalue weighted by Gasteiger charge is -2.32. The summed E-state index contributed by atoms with van der Waals surface area (Å²) in [6.07, 6.45) is 7.62. The predicted molar refractivity (Wildman–Crippen MR) is 74.8 cm³/mol. The van der Waals surface area contributed by atoms with Crippen molar-refractivity contribution in [2.24, 2.45) is 0 Å². The van der Waals surface area contributed by atoms with E-state index in [4.69, 9.17) is 0 Å². The van der Waals surface area contributed by atoms with E-state index in [0.717, 1.165) is 24.3 Å². The fourth-order valence-electron chi connectivity index (χ4n) is 2.86. The molecule has 0 amide bonds. The topological polar surface area (TPSA) is 36.4 Å². The van der Waals surface area contributed by atoms with Gasteiger partial charge in [0.05, 0.1) is 6.10 Å². The lowest BCUT2D eigenvalue weighted by Crippen LogP contribution is -2.36. The number of hydrogen-bond acceptors (Lipinski definition) is 3. The summed E-state index contributed by atoms with van der Waals surface area (Å²) in [5.41, 5.74) is 0.956. The number of aromatic nitrogens is 1. The van der Waals surface area contributed by atoms with Crippen molar-refractivity contribution >= 4 is 5.82 Å². The number of anilines is 1. The van der Waals surface area contributed by atoms with Crippen molar-refractivity contribution < 1.29 is 5.11 Å². The number of hydrogen-bond donors (Lipinski definition) is 1. The van der Waals surface area contributed by atoms with Crippen LogP contribution in [0.1, 0.15) is 57.6 Å². The summed E-state index contributed by atoms with van der Waals surface area (Å²) in [5, 5.41) is 9.90. The monoisotopic (exact) mass is 248 g/mol. The highest BCUT2D eigenvalue weighted by atomic mass is 16.3. The first-order chi connectivity index (χ1) is 8.74. The highest BCUT2D eigenvalue weighted by Gasteiger charge is 2.23. The molecule has 2 heterocycles. The number of aliphatic hydroxyl groups is 1. The third-order valence-corrected chi connectivity index (χ3v) is 3.89. The van der Waals surface area contributed by atoms with Crippen molar-refractivity contribution in [3.8, 4) is 0 Å². The summed E-state index contributed by atoms with van der Waals surface area (Å²) in [6, 6.07) is 4.47. The van der Waals surface area contributed by atoms with E-state index in [-0.39, 0.29) is 0 Å². The van der Waals surface area contributed by atoms with Crippen LogP contribution >= 0.6 is 0 Å². The zero-order valence-corrected chi connectivity index (χ0v) is 11.5. The first-order valence-corrected chi connectivity index (χ1v) is 7.13. The van der Waals surface area contributed by atoms with E-state index in [1.165, 1.54) is 25.7 Å². The Morgan fingerprint density at radius 1 is 1.44 bits per heavy atom. The number of nitrogens with zero attached hydrogens (tertiary/aromatic N) is 2. The molecule has 0 aliphatic carbocycles. The lowest BCUT2D eigenvalue weighted by molar-refractivity contribution is 0.199. The average molecular weight is 248 g/mol. The minimum absolute atomic E-state index is 0.450. The van der Waals surface area contributed by atoms with Crippen molar-refractivity contribution in [3.63, 3.8) is 0 Å². The van der Waals surface area contributed by atoms with E-state index in [2.05, 4.69) is 16.8 Å². The Balaban J connectivity index is 2.32. The number of rotatable bonds is 3. The molecule has 1 aromatic rings. The van der Waals surface area contributed by atoms with Crippen LogP contribution < -0.4 is 4.90 Å². The molecule has 1 aromatic heterocycles. The summed E-state index contributed by atoms with van der Waals surface area (Å²) in [7, 11) is 0. The average Bonchev–Trinajstić information content (AvgIpc) is 2.63. The van der Waals surface area contributed by atoms with Crippen LogP contribution in [-0.4, -0.2) is 22.7 Å². The normalized spacial score (nSPS) is 22.6. The highest BCUT2D eigenvalue weighted by Crippen LogP contribution is 2.29. The molecule has 1 saturated heterocycles. The van der Waals surface area contributed by atoms with Crippen molar-refractivity contribution in [2.45, 2.75) is 58.1 Å². The van der Waals surface area contributed by atoms with Crippen molar-refractivity contribution in [1.29, 1.82) is 0 Å². The summed E-state index contributed by atoms with van der Waals surface area (Å²) in [5.74, 6) is 0.987. The van der Waals surface area contributed by atoms with Crippen molar-refractivity contribution in [3.05, 3.63) is 23.9 Å². The fourth-order valence-corrected chi connectivity index (χ4v) is 2.86. The Kier molecular flexibility index (Phi) is 4.59. The van der Waals surface area contributed by atoms with Crippen LogP contribution in [0.3, 0.4) is 0 Å². The predicted octanol–water partition coefficient (Wildman–Crippen LogP) is 3.29. The molecule has 3 nitrogen and oxygen atoms in total. The maximum Gasteiger partial charge on any atom is 0.134 e. The van der Waals surface area contributed by atoms with Gasteiger partial charge in [-0.2, -0.15) is 0 Å². The molecular formula is C15H24N2O. The summed E-state index contributed by atoms with van der Waals surface area (Å²) in [6.45, 7) is 5.13. The highest BCUT2D eigenvalue weighted by molar-refractivity contribution is 5.48. The van der Waals surface area contributed by atoms with Gasteiger partial charge in [0.2, 0.25) is 0 Å². The van der Waals surface area contributed by atoms with E-state index in [1.807, 2.05) is 25.3 Å². The standard InChI is InChI=1S/C15H24N2O/c1-3-13-8-5-4-6-11-17(13)15-14(12(2)18)9-7-10-16-15/h7,9-10,12-13,18H,3-6,8,11H2,1-2H3. The quantitative estimate of drug-likeness (QED) is 0.891. The molecule has 0 aromatic carbocycles. The summed E-state index contributed by atoms with van der Waals surface area (Å²) >= 11 is 0. The second-order valence-electron chi connectivity index (χ2n) is 5.20. The first kappa shape index (κ1) is 13.3. The van der Waals surface area contributed by atoms with Gasteiger partial charge < -0.3 is 10.0 Å². The van der Waals surface area contributed by atoms with Gasteiger partial charge >= 0.3 is 0 Å². The smallest absolute Gasteiger partial charge is 0.134 e. The third kappa shape index (κ3) is 2.83. The Morgan fingerprint density at radius 2 is 2.28 bits per heavy atom. The second-order valence-corrected chi connectivity index (χ2v) is 5.20. The molecule has 18 heavy (non-hydrogen) atoms. The molecule has 0 radical (unpaired) electrons. The van der Waals surface area contributed by atoms with Crippen LogP contribution in [0.25, 0.3) is 0 Å². The van der Waals surface area contributed by atoms with Gasteiger partial charge in [0.15, 0.2) is 0 Å². The third-order valence-electron chi connectivity index (χ3n) is 3.89. The molecule has 0 bridgehead atoms. The molecule has 0 saturated carbocycles. The molecule has 2 rings (SSSR count). The maximum atomic E-state index is 9.90. The Hall–Kier alpha value is -1.09. The SMILES string of the molecule is CCC1CCCCCN1c1ncccc1C(C)O. The molecule has 2 unspecified atom stereocenters. The van der Waals surface area contributed by atoms with Gasteiger partial charge in [0, 0.05) is 24.3 Å². The minimum Gasteiger partial charge on any atom is -0.389 e. The molecule has 3 heteroatoms. The Bertz CT molecular complexity index is 379. The number of pyridine rings is 1. The van der Waals surface area contributed by atoms with E-state index in [1.54, 1.807) is 0 Å². The molecule has 1 fully saturated rings. The maximum absolute atomic E-state index is 9.90. The molecular weight excluding hydrogens is 224 g/mol. The summed E-state index contributed by atoms with van der Waals surface area (Å²) in [4.78, 5) is 6.94. The van der Waals surface area contributed by atoms with E-state index >= 15 is 0 Å². The van der Waals surface area contributed by atoms with Crippen molar-refractivity contribution in [2.75, 3.05) is 11.4 Å². The van der Waals surface area contributed by atoms with Gasteiger partial charge in [-0.05, 0) is 32.3 Å². The molecule has 100 valence electrons. The van der Waals surface area contributed by atoms with E-state index < -0.39 is 6.10 Å². The first-order valence-electron chi connectivity index (χ1n) is 7.13. The fraction of sp³-hybridized carbons (Fsp3) is 0.667. The van der Waals surface area contributed by atoms with Gasteiger partial charge in [-0.3, -0.25) is 0 Å². The van der Waals surface area contributed by atoms with Crippen molar-refractivity contribution in [1.82, 2.24) is 4.98 Å². The van der Waals surface area contributed by atoms with Crippen LogP contribution in [0.5, 0.6) is 0 Å². The molecule has 1 N–H and O–H groups in total. The van der Waals surface area contributed by atoms with Crippen LogP contribution in [0.2, 0.25) is 0 Å². The molecule has 1 aliphatic heterocycles. The van der Waals surface area contributed by atoms with Gasteiger partial charge in [0.1, 0.15) is 5.82 Å². The van der Waals surface area contributed by atoms with E-state index in [0.29, 0.717) is 6.04 Å². The number of aliphatic hydroxyl groups excluding tert-OH is 1. The Morgan fingerprint density at radius 3 is 3.00 bits per heavy atom. The zero-order chi connectivity index (χ0) is 13.0. The van der Waals surface area contributed by atoms with Gasteiger partial charge in [-0.1, -0.05) is 25.8 Å². The van der Waals surface area contributed by atoms with Gasteiger partial charge in [-0.15, -0.1) is 0 Å². The molecule has 1 aliphatic rings. The lowest BCUT2D eigenvalue weighted by atomic mass is 10.1. The van der Waals surface area contributed by atoms with Gasteiger partial charge in [0.25, 0.3) is 0 Å². The molecule has 0 spiro atoms. The largest absolute Gasteiger partial charge is 0.389 e. The van der Waals surface area contributed by atoms with E-state index in [9.17, 15) is 5.11 Å². The van der Waals surface area contributed by atoms with Crippen LogP contribution in [0.15, 0.2) is 18.3 Å². The second kappa shape index (κ2) is 6.19. The zero-order valence-electron chi connectivity index (χ0n) is 11.5.